The number of benzene rings is 1. The van der Waals surface area contributed by atoms with Crippen LogP contribution in [0.3, 0.4) is 0 Å². The first-order valence-electron chi connectivity index (χ1n) is 6.71. The number of nitrogens with zero attached hydrogens (tertiary/aromatic N) is 2. The predicted molar refractivity (Wildman–Crippen MR) is 87.1 cm³/mol. The van der Waals surface area contributed by atoms with Crippen LogP contribution in [0, 0.1) is 0 Å². The van der Waals surface area contributed by atoms with Gasteiger partial charge in [-0.25, -0.2) is 4.98 Å². The number of methoxy groups -OCH3 is 1. The summed E-state index contributed by atoms with van der Waals surface area (Å²) in [5, 5.41) is 4.97. The minimum atomic E-state index is -0.218. The molecule has 0 aliphatic carbocycles. The average Bonchev–Trinajstić information content (AvgIpc) is 3.07. The minimum Gasteiger partial charge on any atom is -0.497 e. The van der Waals surface area contributed by atoms with Gasteiger partial charge >= 0.3 is 0 Å². The number of nitrogens with one attached hydrogen (secondary N) is 1. The van der Waals surface area contributed by atoms with Gasteiger partial charge in [0.05, 0.1) is 7.11 Å². The molecule has 0 aliphatic heterocycles. The van der Waals surface area contributed by atoms with Crippen LogP contribution >= 0.6 is 22.9 Å². The van der Waals surface area contributed by atoms with Crippen molar-refractivity contribution in [1.82, 2.24) is 14.7 Å². The Balaban J connectivity index is 1.62. The molecule has 2 aromatic heterocycles. The first-order valence-corrected chi connectivity index (χ1v) is 7.97. The summed E-state index contributed by atoms with van der Waals surface area (Å²) in [7, 11) is 1.63. The highest BCUT2D eigenvalue weighted by molar-refractivity contribution is 7.15. The first-order chi connectivity index (χ1) is 10.7. The van der Waals surface area contributed by atoms with E-state index in [0.717, 1.165) is 17.7 Å². The van der Waals surface area contributed by atoms with E-state index >= 15 is 0 Å². The zero-order valence-electron chi connectivity index (χ0n) is 11.9. The lowest BCUT2D eigenvalue weighted by Crippen LogP contribution is -2.27. The molecular formula is C15H14ClN3O2S. The quantitative estimate of drug-likeness (QED) is 0.779. The predicted octanol–water partition coefficient (Wildman–Crippen LogP) is 3.03. The second-order valence-corrected chi connectivity index (χ2v) is 5.89. The fourth-order valence-electron chi connectivity index (χ4n) is 2.16. The van der Waals surface area contributed by atoms with Crippen molar-refractivity contribution in [2.75, 3.05) is 13.7 Å². The van der Waals surface area contributed by atoms with Crippen LogP contribution in [0.15, 0.2) is 35.8 Å². The van der Waals surface area contributed by atoms with Gasteiger partial charge in [0.1, 0.15) is 5.75 Å². The van der Waals surface area contributed by atoms with Gasteiger partial charge in [-0.3, -0.25) is 9.20 Å². The van der Waals surface area contributed by atoms with Crippen molar-refractivity contribution in [2.24, 2.45) is 0 Å². The minimum absolute atomic E-state index is 0.218. The van der Waals surface area contributed by atoms with E-state index < -0.39 is 0 Å². The van der Waals surface area contributed by atoms with E-state index in [0.29, 0.717) is 17.2 Å². The molecule has 5 nitrogen and oxygen atoms in total. The van der Waals surface area contributed by atoms with Crippen molar-refractivity contribution in [3.8, 4) is 5.75 Å². The molecule has 1 aromatic carbocycles. The molecule has 0 aliphatic rings. The number of ether oxygens (including phenoxy) is 1. The van der Waals surface area contributed by atoms with Gasteiger partial charge in [-0.05, 0) is 24.1 Å². The van der Waals surface area contributed by atoms with Gasteiger partial charge in [0.15, 0.2) is 15.8 Å². The van der Waals surface area contributed by atoms with E-state index in [4.69, 9.17) is 16.3 Å². The Morgan fingerprint density at radius 2 is 2.18 bits per heavy atom. The molecule has 0 radical (unpaired) electrons. The summed E-state index contributed by atoms with van der Waals surface area (Å²) >= 11 is 7.47. The molecule has 1 amide bonds. The summed E-state index contributed by atoms with van der Waals surface area (Å²) in [4.78, 5) is 17.1. The topological polar surface area (TPSA) is 55.6 Å². The Kier molecular flexibility index (Phi) is 4.31. The van der Waals surface area contributed by atoms with E-state index in [1.807, 2.05) is 29.6 Å². The van der Waals surface area contributed by atoms with Gasteiger partial charge in [0.25, 0.3) is 5.91 Å². The number of amides is 1. The number of imidazole rings is 1. The molecule has 22 heavy (non-hydrogen) atoms. The van der Waals surface area contributed by atoms with Gasteiger partial charge in [0.2, 0.25) is 0 Å². The maximum atomic E-state index is 12.3. The van der Waals surface area contributed by atoms with Crippen molar-refractivity contribution in [3.63, 3.8) is 0 Å². The Morgan fingerprint density at radius 1 is 1.41 bits per heavy atom. The molecule has 0 bridgehead atoms. The maximum absolute atomic E-state index is 12.3. The number of fused-ring (bicyclic) bond motifs is 1. The van der Waals surface area contributed by atoms with E-state index in [-0.39, 0.29) is 11.1 Å². The van der Waals surface area contributed by atoms with E-state index in [2.05, 4.69) is 10.3 Å². The third-order valence-corrected chi connectivity index (χ3v) is 4.31. The number of thiazole rings is 1. The van der Waals surface area contributed by atoms with Crippen LogP contribution in [0.4, 0.5) is 0 Å². The monoisotopic (exact) mass is 335 g/mol. The highest BCUT2D eigenvalue weighted by Gasteiger charge is 2.18. The maximum Gasteiger partial charge on any atom is 0.271 e. The van der Waals surface area contributed by atoms with Gasteiger partial charge in [0, 0.05) is 18.1 Å². The normalized spacial score (nSPS) is 10.8. The molecule has 0 unspecified atom stereocenters. The standard InChI is InChI=1S/C15H14ClN3O2S/c1-21-11-4-2-10(3-5-11)6-7-17-14(20)12-13(16)18-15-19(12)8-9-22-15/h2-5,8-9H,6-7H2,1H3,(H,17,20). The summed E-state index contributed by atoms with van der Waals surface area (Å²) in [5.74, 6) is 0.600. The number of aromatic nitrogens is 2. The third kappa shape index (κ3) is 2.93. The SMILES string of the molecule is COc1ccc(CCNC(=O)c2c(Cl)nc3sccn23)cc1. The second-order valence-electron chi connectivity index (χ2n) is 4.66. The summed E-state index contributed by atoms with van der Waals surface area (Å²) in [5.41, 5.74) is 1.51. The molecule has 114 valence electrons. The Hall–Kier alpha value is -2.05. The van der Waals surface area contributed by atoms with Crippen LogP contribution in [-0.4, -0.2) is 28.9 Å². The summed E-state index contributed by atoms with van der Waals surface area (Å²) < 4.78 is 6.82. The highest BCUT2D eigenvalue weighted by Crippen LogP contribution is 2.21. The molecule has 0 saturated carbocycles. The van der Waals surface area contributed by atoms with Crippen molar-refractivity contribution in [3.05, 3.63) is 52.3 Å². The van der Waals surface area contributed by atoms with Crippen molar-refractivity contribution in [2.45, 2.75) is 6.42 Å². The molecule has 0 saturated heterocycles. The fraction of sp³-hybridized carbons (Fsp3) is 0.200. The zero-order chi connectivity index (χ0) is 15.5. The molecule has 0 fully saturated rings. The van der Waals surface area contributed by atoms with Crippen molar-refractivity contribution < 1.29 is 9.53 Å². The number of carbonyl (C=O) groups is 1. The molecule has 0 atom stereocenters. The second kappa shape index (κ2) is 6.37. The van der Waals surface area contributed by atoms with Gasteiger partial charge in [-0.2, -0.15) is 0 Å². The first kappa shape index (κ1) is 14.9. The van der Waals surface area contributed by atoms with Crippen LogP contribution in [0.5, 0.6) is 5.75 Å². The number of halogens is 1. The number of rotatable bonds is 5. The van der Waals surface area contributed by atoms with Gasteiger partial charge in [-0.1, -0.05) is 23.7 Å². The van der Waals surface area contributed by atoms with Crippen LogP contribution in [0.1, 0.15) is 16.1 Å². The van der Waals surface area contributed by atoms with E-state index in [9.17, 15) is 4.79 Å². The molecule has 3 aromatic rings. The van der Waals surface area contributed by atoms with Crippen molar-refractivity contribution >= 4 is 33.8 Å². The van der Waals surface area contributed by atoms with Crippen LogP contribution in [0.2, 0.25) is 5.15 Å². The fourth-order valence-corrected chi connectivity index (χ4v) is 3.18. The Labute approximate surface area is 136 Å². The number of carbonyl (C=O) groups excluding carboxylic acids is 1. The molecule has 1 N–H and O–H groups in total. The summed E-state index contributed by atoms with van der Waals surface area (Å²) in [6, 6.07) is 7.77. The van der Waals surface area contributed by atoms with Gasteiger partial charge in [-0.15, -0.1) is 11.3 Å². The van der Waals surface area contributed by atoms with Crippen molar-refractivity contribution in [1.29, 1.82) is 0 Å². The largest absolute Gasteiger partial charge is 0.497 e. The number of hydrogen-bond acceptors (Lipinski definition) is 4. The van der Waals surface area contributed by atoms with E-state index in [1.54, 1.807) is 17.7 Å². The van der Waals surface area contributed by atoms with Crippen LogP contribution < -0.4 is 10.1 Å². The van der Waals surface area contributed by atoms with Gasteiger partial charge < -0.3 is 10.1 Å². The lowest BCUT2D eigenvalue weighted by atomic mass is 10.1. The van der Waals surface area contributed by atoms with Crippen LogP contribution in [-0.2, 0) is 6.42 Å². The Morgan fingerprint density at radius 3 is 2.91 bits per heavy atom. The smallest absolute Gasteiger partial charge is 0.271 e. The summed E-state index contributed by atoms with van der Waals surface area (Å²) in [6.45, 7) is 0.527. The summed E-state index contributed by atoms with van der Waals surface area (Å²) in [6.07, 6.45) is 2.52. The molecule has 2 heterocycles. The highest BCUT2D eigenvalue weighted by atomic mass is 35.5. The third-order valence-electron chi connectivity index (χ3n) is 3.29. The molecule has 3 rings (SSSR count). The lowest BCUT2D eigenvalue weighted by molar-refractivity contribution is 0.0948. The average molecular weight is 336 g/mol. The lowest BCUT2D eigenvalue weighted by Gasteiger charge is -2.06. The van der Waals surface area contributed by atoms with E-state index in [1.165, 1.54) is 11.3 Å². The molecular weight excluding hydrogens is 322 g/mol. The van der Waals surface area contributed by atoms with Crippen LogP contribution in [0.25, 0.3) is 4.96 Å². The molecule has 7 heteroatoms. The number of hydrogen-bond donors (Lipinski definition) is 1. The Bertz CT molecular complexity index is 795. The zero-order valence-corrected chi connectivity index (χ0v) is 13.4. The molecule has 0 spiro atoms.